The summed E-state index contributed by atoms with van der Waals surface area (Å²) in [5.74, 6) is -0.0596. The zero-order valence-corrected chi connectivity index (χ0v) is 18.7. The van der Waals surface area contributed by atoms with Gasteiger partial charge in [-0.1, -0.05) is 30.3 Å². The molecule has 8 heteroatoms. The molecule has 0 unspecified atom stereocenters. The van der Waals surface area contributed by atoms with Crippen molar-refractivity contribution in [1.29, 1.82) is 0 Å². The predicted molar refractivity (Wildman–Crippen MR) is 124 cm³/mol. The number of carbonyl (C=O) groups excluding carboxylic acids is 2. The first-order chi connectivity index (χ1) is 16.5. The van der Waals surface area contributed by atoms with Crippen LogP contribution in [0.5, 0.6) is 11.5 Å². The lowest BCUT2D eigenvalue weighted by Gasteiger charge is -2.12. The minimum absolute atomic E-state index is 0.0563. The second-order valence-corrected chi connectivity index (χ2v) is 7.28. The zero-order chi connectivity index (χ0) is 24.1. The van der Waals surface area contributed by atoms with E-state index in [1.807, 2.05) is 6.92 Å². The largest absolute Gasteiger partial charge is 0.618 e. The van der Waals surface area contributed by atoms with Gasteiger partial charge in [0.05, 0.1) is 25.3 Å². The van der Waals surface area contributed by atoms with Crippen molar-refractivity contribution in [2.24, 2.45) is 0 Å². The van der Waals surface area contributed by atoms with Crippen LogP contribution >= 0.6 is 0 Å². The Bertz CT molecular complexity index is 1340. The number of hydrogen-bond acceptors (Lipinski definition) is 7. The maximum Gasteiger partial charge on any atom is 0.338 e. The monoisotopic (exact) mass is 458 g/mol. The van der Waals surface area contributed by atoms with Gasteiger partial charge in [-0.3, -0.25) is 4.79 Å². The van der Waals surface area contributed by atoms with E-state index in [1.165, 1.54) is 13.2 Å². The predicted octanol–water partition coefficient (Wildman–Crippen LogP) is 3.86. The molecule has 4 rings (SSSR count). The third-order valence-corrected chi connectivity index (χ3v) is 5.13. The van der Waals surface area contributed by atoms with Crippen molar-refractivity contribution >= 4 is 22.8 Å². The molecular weight excluding hydrogens is 436 g/mol. The van der Waals surface area contributed by atoms with Crippen molar-refractivity contribution < 1.29 is 28.5 Å². The van der Waals surface area contributed by atoms with E-state index in [-0.39, 0.29) is 23.5 Å². The van der Waals surface area contributed by atoms with Crippen molar-refractivity contribution in [2.75, 3.05) is 13.7 Å². The lowest BCUT2D eigenvalue weighted by atomic mass is 10.1. The van der Waals surface area contributed by atoms with Gasteiger partial charge in [-0.05, 0) is 43.3 Å². The summed E-state index contributed by atoms with van der Waals surface area (Å²) in [6.45, 7) is 2.02. The Morgan fingerprint density at radius 2 is 1.65 bits per heavy atom. The number of benzene rings is 3. The van der Waals surface area contributed by atoms with Gasteiger partial charge < -0.3 is 19.4 Å². The molecule has 0 N–H and O–H groups in total. The van der Waals surface area contributed by atoms with Crippen LogP contribution in [0.25, 0.3) is 11.0 Å². The van der Waals surface area contributed by atoms with Gasteiger partial charge >= 0.3 is 5.97 Å². The van der Waals surface area contributed by atoms with Crippen LogP contribution < -0.4 is 14.2 Å². The van der Waals surface area contributed by atoms with Gasteiger partial charge in [0, 0.05) is 5.56 Å². The molecule has 0 aliphatic heterocycles. The first-order valence-corrected chi connectivity index (χ1v) is 10.6. The van der Waals surface area contributed by atoms with Gasteiger partial charge in [-0.2, -0.15) is 4.73 Å². The molecule has 0 spiro atoms. The quantitative estimate of drug-likeness (QED) is 0.171. The maximum absolute atomic E-state index is 13.3. The third kappa shape index (κ3) is 4.66. The Kier molecular flexibility index (Phi) is 6.68. The molecule has 0 fully saturated rings. The summed E-state index contributed by atoms with van der Waals surface area (Å²) in [7, 11) is 1.48. The molecule has 0 aliphatic rings. The van der Waals surface area contributed by atoms with Crippen LogP contribution in [0.1, 0.15) is 39.0 Å². The summed E-state index contributed by atoms with van der Waals surface area (Å²) in [6, 6.07) is 19.6. The molecule has 0 bridgehead atoms. The van der Waals surface area contributed by atoms with E-state index in [1.54, 1.807) is 66.7 Å². The normalized spacial score (nSPS) is 10.6. The number of methoxy groups -OCH3 is 1. The van der Waals surface area contributed by atoms with Gasteiger partial charge in [0.1, 0.15) is 23.6 Å². The van der Waals surface area contributed by atoms with Crippen LogP contribution in [0.2, 0.25) is 0 Å². The minimum atomic E-state index is -0.616. The second-order valence-electron chi connectivity index (χ2n) is 7.28. The summed E-state index contributed by atoms with van der Waals surface area (Å²) in [4.78, 5) is 30.3. The minimum Gasteiger partial charge on any atom is -0.618 e. The van der Waals surface area contributed by atoms with E-state index < -0.39 is 11.8 Å². The Labute approximate surface area is 195 Å². The number of ether oxygens (including phenoxy) is 3. The van der Waals surface area contributed by atoms with Crippen molar-refractivity contribution in [1.82, 2.24) is 4.98 Å². The standard InChI is InChI=1S/C26H22N2O6/c1-3-33-19-11-9-18(10-12-19)26(30)34-16-22-24(25(29)17-7-5-4-6-8-17)28(31)23-15-20(32-2)13-14-21(23)27-22/h4-15H,3,16H2,1-2H3. The zero-order valence-electron chi connectivity index (χ0n) is 18.7. The number of esters is 1. The lowest BCUT2D eigenvalue weighted by Crippen LogP contribution is -2.38. The van der Waals surface area contributed by atoms with E-state index in [0.29, 0.717) is 39.5 Å². The number of nitrogens with zero attached hydrogens (tertiary/aromatic N) is 2. The SMILES string of the molecule is CCOc1ccc(C(=O)OCc2nc3ccc(OC)cc3[n+]([O-])c2C(=O)c2ccccc2)cc1. The summed E-state index contributed by atoms with van der Waals surface area (Å²) in [6.07, 6.45) is 0. The topological polar surface area (TPSA) is 102 Å². The van der Waals surface area contributed by atoms with Gasteiger partial charge in [0.2, 0.25) is 5.52 Å². The van der Waals surface area contributed by atoms with E-state index in [4.69, 9.17) is 14.2 Å². The van der Waals surface area contributed by atoms with E-state index >= 15 is 0 Å². The number of aromatic nitrogens is 2. The van der Waals surface area contributed by atoms with E-state index in [2.05, 4.69) is 4.98 Å². The highest BCUT2D eigenvalue weighted by Crippen LogP contribution is 2.21. The first-order valence-electron chi connectivity index (χ1n) is 10.6. The van der Waals surface area contributed by atoms with Gasteiger partial charge in [0.25, 0.3) is 11.5 Å². The van der Waals surface area contributed by atoms with Crippen LogP contribution in [-0.2, 0) is 11.3 Å². The molecule has 4 aromatic rings. The van der Waals surface area contributed by atoms with Crippen molar-refractivity contribution in [3.63, 3.8) is 0 Å². The fourth-order valence-electron chi connectivity index (χ4n) is 3.44. The lowest BCUT2D eigenvalue weighted by molar-refractivity contribution is -0.580. The average molecular weight is 458 g/mol. The number of fused-ring (bicyclic) bond motifs is 1. The van der Waals surface area contributed by atoms with Crippen LogP contribution in [0.4, 0.5) is 0 Å². The molecule has 34 heavy (non-hydrogen) atoms. The summed E-state index contributed by atoms with van der Waals surface area (Å²) < 4.78 is 16.5. The van der Waals surface area contributed by atoms with Crippen molar-refractivity contribution in [3.8, 4) is 11.5 Å². The number of rotatable bonds is 8. The smallest absolute Gasteiger partial charge is 0.338 e. The number of carbonyl (C=O) groups is 2. The average Bonchev–Trinajstić information content (AvgIpc) is 2.88. The summed E-state index contributed by atoms with van der Waals surface area (Å²) >= 11 is 0. The van der Waals surface area contributed by atoms with Gasteiger partial charge in [-0.25, -0.2) is 9.78 Å². The molecule has 0 radical (unpaired) electrons. The molecule has 0 atom stereocenters. The summed E-state index contributed by atoms with van der Waals surface area (Å²) in [5.41, 5.74) is 0.968. The molecule has 1 heterocycles. The van der Waals surface area contributed by atoms with Gasteiger partial charge in [0.15, 0.2) is 5.69 Å². The number of ketones is 1. The first kappa shape index (κ1) is 22.7. The molecule has 0 aliphatic carbocycles. The highest BCUT2D eigenvalue weighted by molar-refractivity contribution is 6.07. The molecule has 3 aromatic carbocycles. The Balaban J connectivity index is 1.70. The second kappa shape index (κ2) is 9.99. The molecule has 1 aromatic heterocycles. The molecule has 0 saturated heterocycles. The fourth-order valence-corrected chi connectivity index (χ4v) is 3.44. The van der Waals surface area contributed by atoms with Crippen molar-refractivity contribution in [3.05, 3.63) is 101 Å². The molecule has 0 amide bonds. The van der Waals surface area contributed by atoms with Crippen LogP contribution in [-0.4, -0.2) is 30.5 Å². The van der Waals surface area contributed by atoms with Crippen molar-refractivity contribution in [2.45, 2.75) is 13.5 Å². The molecule has 172 valence electrons. The van der Waals surface area contributed by atoms with Crippen LogP contribution in [0, 0.1) is 5.21 Å². The van der Waals surface area contributed by atoms with E-state index in [9.17, 15) is 14.8 Å². The van der Waals surface area contributed by atoms with Crippen LogP contribution in [0.3, 0.4) is 0 Å². The molecule has 0 saturated carbocycles. The third-order valence-electron chi connectivity index (χ3n) is 5.13. The van der Waals surface area contributed by atoms with Crippen LogP contribution in [0.15, 0.2) is 72.8 Å². The van der Waals surface area contributed by atoms with Gasteiger partial charge in [-0.15, -0.1) is 0 Å². The maximum atomic E-state index is 13.3. The molecular formula is C26H22N2O6. The summed E-state index contributed by atoms with van der Waals surface area (Å²) in [5, 5.41) is 13.3. The number of hydrogen-bond donors (Lipinski definition) is 0. The highest BCUT2D eigenvalue weighted by atomic mass is 16.5. The Morgan fingerprint density at radius 1 is 0.941 bits per heavy atom. The van der Waals surface area contributed by atoms with E-state index in [0.717, 1.165) is 0 Å². The molecule has 8 nitrogen and oxygen atoms in total. The Morgan fingerprint density at radius 3 is 2.32 bits per heavy atom. The fraction of sp³-hybridized carbons (Fsp3) is 0.154. The highest BCUT2D eigenvalue weighted by Gasteiger charge is 2.28. The Hall–Kier alpha value is -4.46.